The van der Waals surface area contributed by atoms with Crippen LogP contribution in [0.4, 0.5) is 10.1 Å². The van der Waals surface area contributed by atoms with Crippen LogP contribution in [-0.2, 0) is 11.3 Å². The van der Waals surface area contributed by atoms with E-state index in [0.717, 1.165) is 5.56 Å². The zero-order valence-corrected chi connectivity index (χ0v) is 13.1. The predicted octanol–water partition coefficient (Wildman–Crippen LogP) is 3.15. The molecular formula is C18H19FN2O2. The Kier molecular flexibility index (Phi) is 5.46. The summed E-state index contributed by atoms with van der Waals surface area (Å²) in [4.78, 5) is 23.7. The highest BCUT2D eigenvalue weighted by Gasteiger charge is 2.17. The van der Waals surface area contributed by atoms with E-state index in [-0.39, 0.29) is 17.3 Å². The lowest BCUT2D eigenvalue weighted by Crippen LogP contribution is -2.37. The third kappa shape index (κ3) is 4.39. The number of carbonyl (C=O) groups excluding carboxylic acids is 2. The van der Waals surface area contributed by atoms with Crippen LogP contribution >= 0.6 is 0 Å². The number of hydrogen-bond donors (Lipinski definition) is 2. The number of anilines is 1. The Bertz CT molecular complexity index is 701. The van der Waals surface area contributed by atoms with E-state index in [1.54, 1.807) is 13.0 Å². The van der Waals surface area contributed by atoms with E-state index in [2.05, 4.69) is 10.6 Å². The molecule has 0 radical (unpaired) electrons. The highest BCUT2D eigenvalue weighted by atomic mass is 19.1. The minimum Gasteiger partial charge on any atom is -0.373 e. The first kappa shape index (κ1) is 16.7. The average Bonchev–Trinajstić information content (AvgIpc) is 2.53. The molecule has 0 saturated carbocycles. The van der Waals surface area contributed by atoms with Gasteiger partial charge in [0.1, 0.15) is 11.9 Å². The van der Waals surface area contributed by atoms with Crippen molar-refractivity contribution >= 4 is 17.4 Å². The molecule has 5 heteroatoms. The molecule has 1 atom stereocenters. The summed E-state index contributed by atoms with van der Waals surface area (Å²) in [6.45, 7) is 3.37. The Morgan fingerprint density at radius 2 is 1.78 bits per heavy atom. The van der Waals surface area contributed by atoms with E-state index in [4.69, 9.17) is 0 Å². The molecule has 2 aromatic rings. The maximum atomic E-state index is 13.8. The fourth-order valence-electron chi connectivity index (χ4n) is 2.24. The van der Waals surface area contributed by atoms with Crippen LogP contribution in [0.15, 0.2) is 48.5 Å². The molecule has 120 valence electrons. The summed E-state index contributed by atoms with van der Waals surface area (Å²) in [5.74, 6) is -1.21. The molecule has 0 saturated heterocycles. The third-order valence-electron chi connectivity index (χ3n) is 3.44. The van der Waals surface area contributed by atoms with Crippen LogP contribution in [-0.4, -0.2) is 17.7 Å². The van der Waals surface area contributed by atoms with Crippen LogP contribution in [0.5, 0.6) is 0 Å². The molecule has 2 N–H and O–H groups in total. The first-order chi connectivity index (χ1) is 11.0. The molecule has 4 nitrogen and oxygen atoms in total. The second-order valence-corrected chi connectivity index (χ2v) is 5.29. The van der Waals surface area contributed by atoms with Gasteiger partial charge >= 0.3 is 0 Å². The van der Waals surface area contributed by atoms with Gasteiger partial charge in [-0.25, -0.2) is 4.39 Å². The molecule has 1 amide bonds. The molecule has 0 heterocycles. The van der Waals surface area contributed by atoms with Gasteiger partial charge < -0.3 is 10.6 Å². The van der Waals surface area contributed by atoms with Crippen molar-refractivity contribution < 1.29 is 14.0 Å². The SMILES string of the molecule is CC(=O)c1c(F)cccc1NC(C)C(=O)NCc1ccccc1. The number of amides is 1. The molecule has 2 aromatic carbocycles. The van der Waals surface area contributed by atoms with Crippen molar-refractivity contribution in [3.63, 3.8) is 0 Å². The Hall–Kier alpha value is -2.69. The fraction of sp³-hybridized carbons (Fsp3) is 0.222. The molecule has 2 rings (SSSR count). The lowest BCUT2D eigenvalue weighted by Gasteiger charge is -2.17. The summed E-state index contributed by atoms with van der Waals surface area (Å²) in [7, 11) is 0. The molecule has 23 heavy (non-hydrogen) atoms. The van der Waals surface area contributed by atoms with Crippen LogP contribution in [0.1, 0.15) is 29.8 Å². The monoisotopic (exact) mass is 314 g/mol. The smallest absolute Gasteiger partial charge is 0.242 e. The van der Waals surface area contributed by atoms with E-state index in [1.807, 2.05) is 30.3 Å². The van der Waals surface area contributed by atoms with Gasteiger partial charge in [-0.2, -0.15) is 0 Å². The van der Waals surface area contributed by atoms with Crippen LogP contribution in [0.3, 0.4) is 0 Å². The minimum atomic E-state index is -0.599. The molecule has 0 aromatic heterocycles. The number of nitrogens with one attached hydrogen (secondary N) is 2. The molecule has 0 aliphatic heterocycles. The quantitative estimate of drug-likeness (QED) is 0.805. The van der Waals surface area contributed by atoms with Crippen molar-refractivity contribution in [1.82, 2.24) is 5.32 Å². The van der Waals surface area contributed by atoms with Gasteiger partial charge in [0, 0.05) is 12.2 Å². The largest absolute Gasteiger partial charge is 0.373 e. The van der Waals surface area contributed by atoms with Gasteiger partial charge in [-0.15, -0.1) is 0 Å². The molecule has 0 aliphatic carbocycles. The lowest BCUT2D eigenvalue weighted by atomic mass is 10.1. The third-order valence-corrected chi connectivity index (χ3v) is 3.44. The van der Waals surface area contributed by atoms with Gasteiger partial charge in [0.2, 0.25) is 5.91 Å². The Morgan fingerprint density at radius 1 is 1.09 bits per heavy atom. The fourth-order valence-corrected chi connectivity index (χ4v) is 2.24. The van der Waals surface area contributed by atoms with E-state index in [1.165, 1.54) is 19.1 Å². The van der Waals surface area contributed by atoms with Gasteiger partial charge in [0.25, 0.3) is 0 Å². The second kappa shape index (κ2) is 7.54. The first-order valence-corrected chi connectivity index (χ1v) is 7.36. The number of ketones is 1. The van der Waals surface area contributed by atoms with Crippen molar-refractivity contribution in [3.05, 3.63) is 65.5 Å². The lowest BCUT2D eigenvalue weighted by molar-refractivity contribution is -0.121. The Labute approximate surface area is 134 Å². The Balaban J connectivity index is 2.01. The molecule has 0 bridgehead atoms. The summed E-state index contributed by atoms with van der Waals surface area (Å²) in [6, 6.07) is 13.2. The number of rotatable bonds is 6. The van der Waals surface area contributed by atoms with Gasteiger partial charge in [-0.3, -0.25) is 9.59 Å². The predicted molar refractivity (Wildman–Crippen MR) is 87.8 cm³/mol. The first-order valence-electron chi connectivity index (χ1n) is 7.36. The highest BCUT2D eigenvalue weighted by molar-refractivity contribution is 6.00. The van der Waals surface area contributed by atoms with Crippen LogP contribution in [0.25, 0.3) is 0 Å². The summed E-state index contributed by atoms with van der Waals surface area (Å²) >= 11 is 0. The van der Waals surface area contributed by atoms with Crippen molar-refractivity contribution in [1.29, 1.82) is 0 Å². The van der Waals surface area contributed by atoms with Gasteiger partial charge in [-0.1, -0.05) is 36.4 Å². The zero-order chi connectivity index (χ0) is 16.8. The molecule has 1 unspecified atom stereocenters. The zero-order valence-electron chi connectivity index (χ0n) is 13.1. The summed E-state index contributed by atoms with van der Waals surface area (Å²) < 4.78 is 13.8. The van der Waals surface area contributed by atoms with Crippen molar-refractivity contribution in [2.45, 2.75) is 26.4 Å². The van der Waals surface area contributed by atoms with E-state index >= 15 is 0 Å². The van der Waals surface area contributed by atoms with Crippen molar-refractivity contribution in [2.75, 3.05) is 5.32 Å². The number of benzene rings is 2. The highest BCUT2D eigenvalue weighted by Crippen LogP contribution is 2.20. The number of hydrogen-bond acceptors (Lipinski definition) is 3. The normalized spacial score (nSPS) is 11.6. The van der Waals surface area contributed by atoms with Gasteiger partial charge in [-0.05, 0) is 31.5 Å². The van der Waals surface area contributed by atoms with Gasteiger partial charge in [0.05, 0.1) is 5.56 Å². The average molecular weight is 314 g/mol. The second-order valence-electron chi connectivity index (χ2n) is 5.29. The summed E-state index contributed by atoms with van der Waals surface area (Å²) in [5, 5.41) is 5.70. The van der Waals surface area contributed by atoms with Crippen LogP contribution < -0.4 is 10.6 Å². The van der Waals surface area contributed by atoms with E-state index in [0.29, 0.717) is 12.2 Å². The number of Topliss-reactive ketones (excluding diaryl/α,β-unsaturated/α-hetero) is 1. The number of carbonyl (C=O) groups is 2. The summed E-state index contributed by atoms with van der Waals surface area (Å²) in [5.41, 5.74) is 1.28. The molecule has 0 fully saturated rings. The minimum absolute atomic E-state index is 0.0322. The molecule has 0 spiro atoms. The Morgan fingerprint density at radius 3 is 2.43 bits per heavy atom. The topological polar surface area (TPSA) is 58.2 Å². The van der Waals surface area contributed by atoms with E-state index < -0.39 is 11.9 Å². The number of halogens is 1. The summed E-state index contributed by atoms with van der Waals surface area (Å²) in [6.07, 6.45) is 0. The van der Waals surface area contributed by atoms with Crippen molar-refractivity contribution in [3.8, 4) is 0 Å². The molecule has 0 aliphatic rings. The van der Waals surface area contributed by atoms with Crippen LogP contribution in [0, 0.1) is 5.82 Å². The molecular weight excluding hydrogens is 295 g/mol. The van der Waals surface area contributed by atoms with Crippen molar-refractivity contribution in [2.24, 2.45) is 0 Å². The maximum absolute atomic E-state index is 13.8. The van der Waals surface area contributed by atoms with E-state index in [9.17, 15) is 14.0 Å². The van der Waals surface area contributed by atoms with Gasteiger partial charge in [0.15, 0.2) is 5.78 Å². The van der Waals surface area contributed by atoms with Crippen LogP contribution in [0.2, 0.25) is 0 Å². The maximum Gasteiger partial charge on any atom is 0.242 e. The standard InChI is InChI=1S/C18H19FN2O2/c1-12(18(23)20-11-14-7-4-3-5-8-14)21-16-10-6-9-15(19)17(16)13(2)22/h3-10,12,21H,11H2,1-2H3,(H,20,23).